The molecule has 0 saturated carbocycles. The van der Waals surface area contributed by atoms with Crippen molar-refractivity contribution in [2.75, 3.05) is 32.0 Å². The van der Waals surface area contributed by atoms with Gasteiger partial charge in [0.2, 0.25) is 0 Å². The lowest BCUT2D eigenvalue weighted by atomic mass is 9.99. The minimum absolute atomic E-state index is 0.0260. The number of ether oxygens (including phenoxy) is 1. The summed E-state index contributed by atoms with van der Waals surface area (Å²) in [6.07, 6.45) is -2.31. The molecule has 0 amide bonds. The summed E-state index contributed by atoms with van der Waals surface area (Å²) in [5.41, 5.74) is 3.08. The van der Waals surface area contributed by atoms with Gasteiger partial charge in [0.1, 0.15) is 5.65 Å². The maximum Gasteiger partial charge on any atom is 0.399 e. The standard InChI is InChI=1S/C27H31F2N3O4S/c1-4-32(13-14-33)12-11-27(28,29)36-23-10-9-21(19-7-6-8-20(16-19)37(34,35)5-2)24-22-15-18(3)17-30-26(22)31-25(23)24/h6-10,15-17,33H,4-5,11-14H2,1-3H3,(H,30,31). The SMILES string of the molecule is CCN(CCO)CCC(F)(F)Oc1ccc(-c2cccc(S(=O)(=O)CC)c2)c2c1[nH]c1ncc(C)cc12. The van der Waals surface area contributed by atoms with Crippen LogP contribution in [0.15, 0.2) is 53.6 Å². The van der Waals surface area contributed by atoms with E-state index < -0.39 is 22.4 Å². The normalized spacial score (nSPS) is 12.6. The molecular weight excluding hydrogens is 500 g/mol. The molecule has 0 fully saturated rings. The molecule has 2 aromatic heterocycles. The van der Waals surface area contributed by atoms with Gasteiger partial charge in [-0.1, -0.05) is 26.0 Å². The van der Waals surface area contributed by atoms with Crippen LogP contribution in [0.1, 0.15) is 25.8 Å². The van der Waals surface area contributed by atoms with Gasteiger partial charge in [0.15, 0.2) is 15.6 Å². The molecule has 4 rings (SSSR count). The second-order valence-electron chi connectivity index (χ2n) is 8.97. The first-order valence-corrected chi connectivity index (χ1v) is 13.9. The molecule has 0 spiro atoms. The highest BCUT2D eigenvalue weighted by atomic mass is 32.2. The van der Waals surface area contributed by atoms with Gasteiger partial charge in [-0.3, -0.25) is 0 Å². The molecule has 0 radical (unpaired) electrons. The fourth-order valence-corrected chi connectivity index (χ4v) is 5.31. The number of aryl methyl sites for hydroxylation is 1. The molecule has 2 N–H and O–H groups in total. The van der Waals surface area contributed by atoms with E-state index in [-0.39, 0.29) is 29.5 Å². The second-order valence-corrected chi connectivity index (χ2v) is 11.3. The van der Waals surface area contributed by atoms with Crippen LogP contribution in [0.3, 0.4) is 0 Å². The second kappa shape index (κ2) is 10.7. The number of pyridine rings is 1. The Hall–Kier alpha value is -3.08. The van der Waals surface area contributed by atoms with Crippen molar-refractivity contribution >= 4 is 31.8 Å². The minimum Gasteiger partial charge on any atom is -0.430 e. The van der Waals surface area contributed by atoms with Crippen LogP contribution in [0.5, 0.6) is 5.75 Å². The number of sulfone groups is 1. The topological polar surface area (TPSA) is 95.5 Å². The Kier molecular flexibility index (Phi) is 7.82. The molecule has 0 saturated heterocycles. The molecule has 0 atom stereocenters. The first kappa shape index (κ1) is 27.0. The Morgan fingerprint density at radius 2 is 1.92 bits per heavy atom. The van der Waals surface area contributed by atoms with Gasteiger partial charge in [0, 0.05) is 30.1 Å². The lowest BCUT2D eigenvalue weighted by Gasteiger charge is -2.24. The molecule has 2 aromatic carbocycles. The van der Waals surface area contributed by atoms with E-state index in [4.69, 9.17) is 9.84 Å². The number of aliphatic hydroxyl groups excluding tert-OH is 1. The number of alkyl halides is 2. The molecular formula is C27H31F2N3O4S. The van der Waals surface area contributed by atoms with E-state index in [1.54, 1.807) is 48.4 Å². The number of H-pyrrole nitrogens is 1. The van der Waals surface area contributed by atoms with Crippen LogP contribution in [0.25, 0.3) is 33.1 Å². The highest BCUT2D eigenvalue weighted by Gasteiger charge is 2.33. The van der Waals surface area contributed by atoms with Gasteiger partial charge in [0.05, 0.1) is 29.2 Å². The van der Waals surface area contributed by atoms with Crippen LogP contribution in [0, 0.1) is 6.92 Å². The summed E-state index contributed by atoms with van der Waals surface area (Å²) >= 11 is 0. The molecule has 0 bridgehead atoms. The molecule has 10 heteroatoms. The Bertz CT molecular complexity index is 1520. The van der Waals surface area contributed by atoms with Crippen LogP contribution >= 0.6 is 0 Å². The molecule has 0 aliphatic rings. The number of aromatic nitrogens is 2. The van der Waals surface area contributed by atoms with E-state index in [0.29, 0.717) is 40.8 Å². The van der Waals surface area contributed by atoms with E-state index in [1.165, 1.54) is 6.07 Å². The van der Waals surface area contributed by atoms with Crippen molar-refractivity contribution in [1.82, 2.24) is 14.9 Å². The lowest BCUT2D eigenvalue weighted by Crippen LogP contribution is -2.34. The molecule has 37 heavy (non-hydrogen) atoms. The Labute approximate surface area is 215 Å². The molecule has 7 nitrogen and oxygen atoms in total. The smallest absolute Gasteiger partial charge is 0.399 e. The maximum absolute atomic E-state index is 14.9. The van der Waals surface area contributed by atoms with Gasteiger partial charge in [-0.15, -0.1) is 0 Å². The third-order valence-corrected chi connectivity index (χ3v) is 8.16. The largest absolute Gasteiger partial charge is 0.430 e. The van der Waals surface area contributed by atoms with Crippen LogP contribution < -0.4 is 4.74 Å². The molecule has 0 aliphatic carbocycles. The number of fused-ring (bicyclic) bond motifs is 3. The zero-order valence-corrected chi connectivity index (χ0v) is 21.9. The first-order valence-electron chi connectivity index (χ1n) is 12.2. The van der Waals surface area contributed by atoms with E-state index in [2.05, 4.69) is 9.97 Å². The van der Waals surface area contributed by atoms with Crippen molar-refractivity contribution in [3.8, 4) is 16.9 Å². The van der Waals surface area contributed by atoms with E-state index in [0.717, 1.165) is 10.9 Å². The average molecular weight is 532 g/mol. The fraction of sp³-hybridized carbons (Fsp3) is 0.370. The number of hydrogen-bond donors (Lipinski definition) is 2. The van der Waals surface area contributed by atoms with Crippen molar-refractivity contribution in [2.24, 2.45) is 0 Å². The summed E-state index contributed by atoms with van der Waals surface area (Å²) in [6, 6.07) is 11.7. The van der Waals surface area contributed by atoms with Crippen LogP contribution in [0.2, 0.25) is 0 Å². The summed E-state index contributed by atoms with van der Waals surface area (Å²) < 4.78 is 60.1. The molecule has 2 heterocycles. The third-order valence-electron chi connectivity index (χ3n) is 6.43. The monoisotopic (exact) mass is 531 g/mol. The van der Waals surface area contributed by atoms with Gasteiger partial charge in [-0.2, -0.15) is 8.78 Å². The highest BCUT2D eigenvalue weighted by molar-refractivity contribution is 7.91. The van der Waals surface area contributed by atoms with Gasteiger partial charge in [-0.25, -0.2) is 13.4 Å². The van der Waals surface area contributed by atoms with Gasteiger partial charge in [0.25, 0.3) is 0 Å². The number of nitrogens with zero attached hydrogens (tertiary/aromatic N) is 2. The Balaban J connectivity index is 1.82. The maximum atomic E-state index is 14.9. The van der Waals surface area contributed by atoms with Gasteiger partial charge in [-0.05, 0) is 60.5 Å². The summed E-state index contributed by atoms with van der Waals surface area (Å²) in [5, 5.41) is 10.5. The number of nitrogens with one attached hydrogen (secondary N) is 1. The minimum atomic E-state index is -3.45. The van der Waals surface area contributed by atoms with Crippen molar-refractivity contribution in [3.63, 3.8) is 0 Å². The molecule has 0 aliphatic heterocycles. The molecule has 0 unspecified atom stereocenters. The van der Waals surface area contributed by atoms with Crippen LogP contribution in [0.4, 0.5) is 8.78 Å². The zero-order valence-electron chi connectivity index (χ0n) is 21.1. The zero-order chi connectivity index (χ0) is 26.8. The quantitative estimate of drug-likeness (QED) is 0.278. The Morgan fingerprint density at radius 3 is 2.62 bits per heavy atom. The highest BCUT2D eigenvalue weighted by Crippen LogP contribution is 2.41. The number of rotatable bonds is 11. The Morgan fingerprint density at radius 1 is 1.14 bits per heavy atom. The number of likely N-dealkylation sites (N-methyl/N-ethyl adjacent to an activating group) is 1. The van der Waals surface area contributed by atoms with Crippen molar-refractivity contribution in [3.05, 3.63) is 54.2 Å². The van der Waals surface area contributed by atoms with Crippen molar-refractivity contribution in [2.45, 2.75) is 38.2 Å². The van der Waals surface area contributed by atoms with Crippen LogP contribution in [-0.4, -0.2) is 66.5 Å². The summed E-state index contributed by atoms with van der Waals surface area (Å²) in [6.45, 7) is 6.13. The van der Waals surface area contributed by atoms with E-state index >= 15 is 0 Å². The summed E-state index contributed by atoms with van der Waals surface area (Å²) in [4.78, 5) is 9.48. The van der Waals surface area contributed by atoms with Crippen molar-refractivity contribution in [1.29, 1.82) is 0 Å². The number of hydrogen-bond acceptors (Lipinski definition) is 6. The summed E-state index contributed by atoms with van der Waals surface area (Å²) in [5.74, 6) is -0.0560. The predicted octanol–water partition coefficient (Wildman–Crippen LogP) is 5.16. The molecule has 198 valence electrons. The number of benzene rings is 2. The van der Waals surface area contributed by atoms with Crippen molar-refractivity contribution < 1.29 is 27.0 Å². The number of aliphatic hydroxyl groups is 1. The lowest BCUT2D eigenvalue weighted by molar-refractivity contribution is -0.182. The molecule has 4 aromatic rings. The summed E-state index contributed by atoms with van der Waals surface area (Å²) in [7, 11) is -3.43. The predicted molar refractivity (Wildman–Crippen MR) is 141 cm³/mol. The van der Waals surface area contributed by atoms with E-state index in [1.807, 2.05) is 19.9 Å². The number of halogens is 2. The first-order chi connectivity index (χ1) is 17.6. The number of aromatic amines is 1. The van der Waals surface area contributed by atoms with E-state index in [9.17, 15) is 17.2 Å². The fourth-order valence-electron chi connectivity index (χ4n) is 4.38. The van der Waals surface area contributed by atoms with Gasteiger partial charge < -0.3 is 19.7 Å². The van der Waals surface area contributed by atoms with Crippen LogP contribution in [-0.2, 0) is 9.84 Å². The average Bonchev–Trinajstić information content (AvgIpc) is 3.26. The third kappa shape index (κ3) is 5.76. The van der Waals surface area contributed by atoms with Gasteiger partial charge >= 0.3 is 6.11 Å².